The van der Waals surface area contributed by atoms with Crippen molar-refractivity contribution in [1.82, 2.24) is 0 Å². The van der Waals surface area contributed by atoms with Crippen LogP contribution >= 0.6 is 39.9 Å². The van der Waals surface area contributed by atoms with E-state index < -0.39 is 5.60 Å². The molecule has 0 amide bonds. The average Bonchev–Trinajstić information content (AvgIpc) is 2.61. The number of nitrogens with one attached hydrogen (secondary N) is 1. The van der Waals surface area contributed by atoms with Gasteiger partial charge in [0.15, 0.2) is 5.96 Å². The molecule has 0 bridgehead atoms. The van der Waals surface area contributed by atoms with Gasteiger partial charge >= 0.3 is 0 Å². The van der Waals surface area contributed by atoms with Crippen molar-refractivity contribution in [1.29, 1.82) is 0 Å². The Kier molecular flexibility index (Phi) is 8.67. The second kappa shape index (κ2) is 9.98. The summed E-state index contributed by atoms with van der Waals surface area (Å²) in [5.41, 5.74) is 6.50. The zero-order valence-corrected chi connectivity index (χ0v) is 18.1. The average molecular weight is 520 g/mol. The minimum Gasteiger partial charge on any atom is -0.497 e. The summed E-state index contributed by atoms with van der Waals surface area (Å²) >= 11 is 3.40. The highest BCUT2D eigenvalue weighted by Crippen LogP contribution is 2.26. The first-order valence-corrected chi connectivity index (χ1v) is 8.45. The lowest BCUT2D eigenvalue weighted by Gasteiger charge is -2.25. The quantitative estimate of drug-likeness (QED) is 0.305. The van der Waals surface area contributed by atoms with Gasteiger partial charge in [-0.05, 0) is 48.4 Å². The minimum absolute atomic E-state index is 0. The Morgan fingerprint density at radius 2 is 1.80 bits per heavy atom. The van der Waals surface area contributed by atoms with Crippen LogP contribution in [0.3, 0.4) is 0 Å². The largest absolute Gasteiger partial charge is 0.497 e. The molecule has 0 spiro atoms. The third-order valence-electron chi connectivity index (χ3n) is 3.84. The molecule has 0 saturated heterocycles. The van der Waals surface area contributed by atoms with Gasteiger partial charge in [0.05, 0.1) is 13.7 Å². The summed E-state index contributed by atoms with van der Waals surface area (Å²) in [6.07, 6.45) is 0.536. The van der Waals surface area contributed by atoms with Crippen LogP contribution in [0.4, 0.5) is 5.69 Å². The maximum atomic E-state index is 10.8. The molecule has 1 atom stereocenters. The lowest BCUT2D eigenvalue weighted by Crippen LogP contribution is -2.31. The highest BCUT2D eigenvalue weighted by Gasteiger charge is 2.26. The number of methoxy groups -OCH3 is 1. The maximum Gasteiger partial charge on any atom is 0.193 e. The summed E-state index contributed by atoms with van der Waals surface area (Å²) in [5.74, 6) is 1.02. The number of rotatable bonds is 6. The molecule has 1 unspecified atom stereocenters. The minimum atomic E-state index is -1.05. The van der Waals surface area contributed by atoms with E-state index in [2.05, 4.69) is 26.2 Å². The van der Waals surface area contributed by atoms with Crippen LogP contribution in [0.25, 0.3) is 0 Å². The Balaban J connectivity index is 0.00000312. The molecule has 4 N–H and O–H groups in total. The van der Waals surface area contributed by atoms with E-state index in [1.165, 1.54) is 0 Å². The van der Waals surface area contributed by atoms with Crippen LogP contribution in [-0.2, 0) is 5.60 Å². The van der Waals surface area contributed by atoms with Crippen molar-refractivity contribution in [3.8, 4) is 5.75 Å². The smallest absolute Gasteiger partial charge is 0.193 e. The van der Waals surface area contributed by atoms with E-state index in [-0.39, 0.29) is 36.5 Å². The number of aliphatic hydroxyl groups is 1. The van der Waals surface area contributed by atoms with Crippen LogP contribution in [0.15, 0.2) is 58.0 Å². The highest BCUT2D eigenvalue weighted by molar-refractivity contribution is 14.0. The number of ether oxygens (including phenoxy) is 1. The standard InChI is InChI=1S/C18H22BrN3O2.HI/c1-3-18(23,13-4-6-14(19)7-5-13)12-21-17(20)22-15-8-10-16(24-2)11-9-15;/h4-11,23H,3,12H2,1-2H3,(H3,20,21,22);1H. The molecule has 25 heavy (non-hydrogen) atoms. The van der Waals surface area contributed by atoms with Gasteiger partial charge in [-0.3, -0.25) is 0 Å². The summed E-state index contributed by atoms with van der Waals surface area (Å²) in [6.45, 7) is 2.10. The van der Waals surface area contributed by atoms with Crippen molar-refractivity contribution in [2.45, 2.75) is 18.9 Å². The molecule has 0 heterocycles. The first-order valence-electron chi connectivity index (χ1n) is 7.66. The van der Waals surface area contributed by atoms with Crippen molar-refractivity contribution in [3.05, 3.63) is 58.6 Å². The van der Waals surface area contributed by atoms with E-state index in [9.17, 15) is 5.11 Å². The molecule has 2 aromatic carbocycles. The molecule has 0 radical (unpaired) electrons. The Morgan fingerprint density at radius 1 is 1.20 bits per heavy atom. The second-order valence-electron chi connectivity index (χ2n) is 5.45. The number of hydrogen-bond acceptors (Lipinski definition) is 3. The van der Waals surface area contributed by atoms with E-state index in [4.69, 9.17) is 10.5 Å². The molecule has 136 valence electrons. The fraction of sp³-hybridized carbons (Fsp3) is 0.278. The maximum absolute atomic E-state index is 10.8. The van der Waals surface area contributed by atoms with Crippen molar-refractivity contribution >= 4 is 51.6 Å². The zero-order valence-electron chi connectivity index (χ0n) is 14.2. The molecule has 5 nitrogen and oxygen atoms in total. The van der Waals surface area contributed by atoms with Crippen molar-refractivity contribution < 1.29 is 9.84 Å². The predicted molar refractivity (Wildman–Crippen MR) is 117 cm³/mol. The van der Waals surface area contributed by atoms with Gasteiger partial charge in [0, 0.05) is 10.2 Å². The molecular formula is C18H23BrIN3O2. The van der Waals surface area contributed by atoms with Gasteiger partial charge in [-0.2, -0.15) is 0 Å². The lowest BCUT2D eigenvalue weighted by molar-refractivity contribution is 0.0424. The number of nitrogens with two attached hydrogens (primary N) is 1. The predicted octanol–water partition coefficient (Wildman–Crippen LogP) is 4.10. The SMILES string of the molecule is CCC(O)(CN=C(N)Nc1ccc(OC)cc1)c1ccc(Br)cc1.I. The van der Waals surface area contributed by atoms with E-state index in [0.717, 1.165) is 21.5 Å². The molecular weight excluding hydrogens is 497 g/mol. The van der Waals surface area contributed by atoms with Gasteiger partial charge in [0.1, 0.15) is 11.4 Å². The van der Waals surface area contributed by atoms with Gasteiger partial charge in [-0.15, -0.1) is 24.0 Å². The van der Waals surface area contributed by atoms with Crippen LogP contribution in [0.1, 0.15) is 18.9 Å². The summed E-state index contributed by atoms with van der Waals surface area (Å²) < 4.78 is 6.08. The molecule has 7 heteroatoms. The Labute approximate surface area is 173 Å². The van der Waals surface area contributed by atoms with Crippen LogP contribution < -0.4 is 15.8 Å². The number of aliphatic imine (C=N–C) groups is 1. The Morgan fingerprint density at radius 3 is 2.32 bits per heavy atom. The van der Waals surface area contributed by atoms with Crippen LogP contribution in [0, 0.1) is 0 Å². The van der Waals surface area contributed by atoms with E-state index in [0.29, 0.717) is 6.42 Å². The molecule has 0 fully saturated rings. The number of anilines is 1. The van der Waals surface area contributed by atoms with Crippen LogP contribution in [-0.4, -0.2) is 24.7 Å². The number of benzene rings is 2. The summed E-state index contributed by atoms with van der Waals surface area (Å²) in [4.78, 5) is 4.29. The summed E-state index contributed by atoms with van der Waals surface area (Å²) in [5, 5.41) is 13.8. The lowest BCUT2D eigenvalue weighted by atomic mass is 9.91. The fourth-order valence-corrected chi connectivity index (χ4v) is 2.51. The molecule has 2 rings (SSSR count). The van der Waals surface area contributed by atoms with Crippen LogP contribution in [0.5, 0.6) is 5.75 Å². The van der Waals surface area contributed by atoms with Gasteiger partial charge in [-0.1, -0.05) is 35.0 Å². The van der Waals surface area contributed by atoms with Gasteiger partial charge in [0.25, 0.3) is 0 Å². The van der Waals surface area contributed by atoms with Crippen LogP contribution in [0.2, 0.25) is 0 Å². The molecule has 0 aliphatic rings. The van der Waals surface area contributed by atoms with E-state index >= 15 is 0 Å². The second-order valence-corrected chi connectivity index (χ2v) is 6.36. The van der Waals surface area contributed by atoms with Crippen molar-refractivity contribution in [3.63, 3.8) is 0 Å². The Bertz CT molecular complexity index is 692. The first-order chi connectivity index (χ1) is 11.5. The molecule has 0 aliphatic carbocycles. The third kappa shape index (κ3) is 6.16. The number of halogens is 2. The zero-order chi connectivity index (χ0) is 17.6. The van der Waals surface area contributed by atoms with E-state index in [1.54, 1.807) is 7.11 Å². The van der Waals surface area contributed by atoms with Gasteiger partial charge < -0.3 is 20.9 Å². The highest BCUT2D eigenvalue weighted by atomic mass is 127. The molecule has 0 aromatic heterocycles. The van der Waals surface area contributed by atoms with Crippen molar-refractivity contribution in [2.75, 3.05) is 19.0 Å². The summed E-state index contributed by atoms with van der Waals surface area (Å²) in [7, 11) is 1.62. The number of guanidine groups is 1. The Hall–Kier alpha value is -1.32. The third-order valence-corrected chi connectivity index (χ3v) is 4.37. The molecule has 2 aromatic rings. The topological polar surface area (TPSA) is 79.9 Å². The monoisotopic (exact) mass is 519 g/mol. The summed E-state index contributed by atoms with van der Waals surface area (Å²) in [6, 6.07) is 14.9. The normalized spacial score (nSPS) is 13.5. The number of hydrogen-bond donors (Lipinski definition) is 3. The molecule has 0 saturated carbocycles. The van der Waals surface area contributed by atoms with Gasteiger partial charge in [0.2, 0.25) is 0 Å². The first kappa shape index (κ1) is 21.7. The molecule has 0 aliphatic heterocycles. The van der Waals surface area contributed by atoms with Gasteiger partial charge in [-0.25, -0.2) is 4.99 Å². The number of nitrogens with zero attached hydrogens (tertiary/aromatic N) is 1. The fourth-order valence-electron chi connectivity index (χ4n) is 2.25. The van der Waals surface area contributed by atoms with Crippen molar-refractivity contribution in [2.24, 2.45) is 10.7 Å². The van der Waals surface area contributed by atoms with E-state index in [1.807, 2.05) is 55.5 Å².